The van der Waals surface area contributed by atoms with Crippen LogP contribution < -0.4 is 20.4 Å². The quantitative estimate of drug-likeness (QED) is 0.381. The van der Waals surface area contributed by atoms with Gasteiger partial charge in [-0.15, -0.1) is 0 Å². The van der Waals surface area contributed by atoms with Crippen LogP contribution in [0.25, 0.3) is 0 Å². The van der Waals surface area contributed by atoms with Gasteiger partial charge >= 0.3 is 0 Å². The molecule has 0 bridgehead atoms. The van der Waals surface area contributed by atoms with Crippen molar-refractivity contribution in [1.82, 2.24) is 15.3 Å². The van der Waals surface area contributed by atoms with E-state index in [9.17, 15) is 0 Å². The van der Waals surface area contributed by atoms with Crippen molar-refractivity contribution in [1.29, 1.82) is 0 Å². The van der Waals surface area contributed by atoms with Gasteiger partial charge in [-0.05, 0) is 80.3 Å². The Morgan fingerprint density at radius 3 is 2.29 bits per heavy atom. The molecule has 1 aliphatic carbocycles. The molecular weight excluding hydrogens is 512 g/mol. The number of piperidine rings is 2. The van der Waals surface area contributed by atoms with Crippen molar-refractivity contribution in [3.63, 3.8) is 0 Å². The Labute approximate surface area is 238 Å². The average molecular weight is 555 g/mol. The molecule has 8 heteroatoms. The number of hydrogen-bond acceptors (Lipinski definition) is 5. The molecule has 1 aromatic carbocycles. The Balaban J connectivity index is 1.33. The zero-order valence-corrected chi connectivity index (χ0v) is 24.6. The Morgan fingerprint density at radius 2 is 1.61 bits per heavy atom. The lowest BCUT2D eigenvalue weighted by molar-refractivity contribution is 0.292. The minimum atomic E-state index is 0.0383. The highest BCUT2D eigenvalue weighted by molar-refractivity contribution is 7.80. The molecule has 1 saturated carbocycles. The molecule has 0 amide bonds. The summed E-state index contributed by atoms with van der Waals surface area (Å²) >= 11 is 12.2. The number of aromatic nitrogens is 2. The van der Waals surface area contributed by atoms with Crippen molar-refractivity contribution >= 4 is 46.5 Å². The number of nitrogens with one attached hydrogen (secondary N) is 2. The van der Waals surface area contributed by atoms with Gasteiger partial charge in [0, 0.05) is 49.2 Å². The summed E-state index contributed by atoms with van der Waals surface area (Å²) < 4.78 is 0. The molecule has 6 nitrogen and oxygen atoms in total. The summed E-state index contributed by atoms with van der Waals surface area (Å²) in [4.78, 5) is 14.8. The SMILES string of the molecule is C[C@H]1C[C@H](C)CN(c2cc(N3CCCCC3)nc(NC(=S)NCC3(c4cccc(Cl)c4)CCCCC3)n2)C1. The molecule has 2 aromatic rings. The van der Waals surface area contributed by atoms with E-state index in [0.717, 1.165) is 62.2 Å². The molecule has 3 aliphatic rings. The van der Waals surface area contributed by atoms with Crippen LogP contribution in [0.15, 0.2) is 30.3 Å². The summed E-state index contributed by atoms with van der Waals surface area (Å²) in [6, 6.07) is 10.5. The number of thiocarbonyl (C=S) groups is 1. The monoisotopic (exact) mass is 554 g/mol. The molecule has 206 valence electrons. The van der Waals surface area contributed by atoms with Gasteiger partial charge in [0.1, 0.15) is 11.6 Å². The third-order valence-corrected chi connectivity index (χ3v) is 9.11. The average Bonchev–Trinajstić information content (AvgIpc) is 2.92. The van der Waals surface area contributed by atoms with Gasteiger partial charge in [0.05, 0.1) is 0 Å². The molecule has 0 radical (unpaired) electrons. The Morgan fingerprint density at radius 1 is 0.947 bits per heavy atom. The lowest BCUT2D eigenvalue weighted by atomic mass is 9.69. The summed E-state index contributed by atoms with van der Waals surface area (Å²) in [7, 11) is 0. The highest BCUT2D eigenvalue weighted by atomic mass is 35.5. The van der Waals surface area contributed by atoms with Crippen LogP contribution in [0.1, 0.15) is 77.2 Å². The van der Waals surface area contributed by atoms with Gasteiger partial charge in [-0.1, -0.05) is 56.8 Å². The largest absolute Gasteiger partial charge is 0.361 e. The molecule has 0 spiro atoms. The van der Waals surface area contributed by atoms with E-state index < -0.39 is 0 Å². The van der Waals surface area contributed by atoms with E-state index in [2.05, 4.69) is 58.5 Å². The van der Waals surface area contributed by atoms with Crippen LogP contribution >= 0.6 is 23.8 Å². The summed E-state index contributed by atoms with van der Waals surface area (Å²) in [5, 5.41) is 8.28. The first-order valence-electron chi connectivity index (χ1n) is 14.6. The van der Waals surface area contributed by atoms with Crippen molar-refractivity contribution in [3.05, 3.63) is 40.9 Å². The predicted octanol–water partition coefficient (Wildman–Crippen LogP) is 6.79. The molecule has 1 aromatic heterocycles. The Bertz CT molecular complexity index is 1090. The van der Waals surface area contributed by atoms with E-state index in [1.807, 2.05) is 6.07 Å². The van der Waals surface area contributed by atoms with Crippen LogP contribution in [0.3, 0.4) is 0 Å². The standard InChI is InChI=1S/C30H43ClN6S/c1-22-16-23(2)20-37(19-22)27-18-26(36-14-7-4-8-15-36)33-28(34-27)35-29(38)32-21-30(12-5-3-6-13-30)24-10-9-11-25(31)17-24/h9-11,17-18,22-23H,3-8,12-16,19-21H2,1-2H3,(H2,32,33,34,35,38)/t22-,23-/m0/s1. The van der Waals surface area contributed by atoms with Gasteiger partial charge in [0.2, 0.25) is 5.95 Å². The highest BCUT2D eigenvalue weighted by Gasteiger charge is 2.34. The number of halogens is 1. The van der Waals surface area contributed by atoms with Gasteiger partial charge in [-0.3, -0.25) is 0 Å². The predicted molar refractivity (Wildman–Crippen MR) is 164 cm³/mol. The second-order valence-electron chi connectivity index (χ2n) is 12.0. The number of rotatable bonds is 6. The maximum absolute atomic E-state index is 6.39. The van der Waals surface area contributed by atoms with Crippen molar-refractivity contribution in [3.8, 4) is 0 Å². The number of hydrogen-bond donors (Lipinski definition) is 2. The fraction of sp³-hybridized carbons (Fsp3) is 0.633. The number of benzene rings is 1. The van der Waals surface area contributed by atoms with Crippen LogP contribution in [-0.4, -0.2) is 47.8 Å². The number of anilines is 3. The molecule has 5 rings (SSSR count). The molecule has 2 N–H and O–H groups in total. The van der Waals surface area contributed by atoms with E-state index in [1.54, 1.807) is 0 Å². The van der Waals surface area contributed by atoms with Crippen LogP contribution in [0.4, 0.5) is 17.6 Å². The zero-order chi connectivity index (χ0) is 26.5. The van der Waals surface area contributed by atoms with Crippen LogP contribution in [0.5, 0.6) is 0 Å². The lowest BCUT2D eigenvalue weighted by Crippen LogP contribution is -2.44. The minimum Gasteiger partial charge on any atom is -0.361 e. The second kappa shape index (κ2) is 12.4. The first kappa shape index (κ1) is 27.4. The molecule has 2 aliphatic heterocycles. The molecule has 3 heterocycles. The molecule has 2 atom stereocenters. The van der Waals surface area contributed by atoms with Crippen molar-refractivity contribution in [2.75, 3.05) is 47.8 Å². The maximum Gasteiger partial charge on any atom is 0.232 e. The van der Waals surface area contributed by atoms with E-state index in [-0.39, 0.29) is 5.41 Å². The maximum atomic E-state index is 6.39. The van der Waals surface area contributed by atoms with E-state index in [1.165, 1.54) is 50.5 Å². The fourth-order valence-electron chi connectivity index (χ4n) is 6.78. The second-order valence-corrected chi connectivity index (χ2v) is 12.8. The summed E-state index contributed by atoms with van der Waals surface area (Å²) in [6.45, 7) is 9.62. The van der Waals surface area contributed by atoms with Gasteiger partial charge in [-0.25, -0.2) is 0 Å². The topological polar surface area (TPSA) is 56.3 Å². The van der Waals surface area contributed by atoms with Crippen LogP contribution in [0.2, 0.25) is 5.02 Å². The lowest BCUT2D eigenvalue weighted by Gasteiger charge is -2.38. The Hall–Kier alpha value is -2.12. The third-order valence-electron chi connectivity index (χ3n) is 8.63. The molecular formula is C30H43ClN6S. The van der Waals surface area contributed by atoms with Crippen molar-refractivity contribution < 1.29 is 0 Å². The zero-order valence-electron chi connectivity index (χ0n) is 23.0. The summed E-state index contributed by atoms with van der Waals surface area (Å²) in [6.07, 6.45) is 11.0. The van der Waals surface area contributed by atoms with Crippen molar-refractivity contribution in [2.45, 2.75) is 77.0 Å². The fourth-order valence-corrected chi connectivity index (χ4v) is 7.14. The summed E-state index contributed by atoms with van der Waals surface area (Å²) in [5.41, 5.74) is 1.34. The van der Waals surface area contributed by atoms with E-state index in [0.29, 0.717) is 22.9 Å². The van der Waals surface area contributed by atoms with Gasteiger partial charge in [0.15, 0.2) is 5.11 Å². The van der Waals surface area contributed by atoms with Crippen LogP contribution in [-0.2, 0) is 5.41 Å². The van der Waals surface area contributed by atoms with Gasteiger partial charge in [0.25, 0.3) is 0 Å². The van der Waals surface area contributed by atoms with E-state index >= 15 is 0 Å². The first-order valence-corrected chi connectivity index (χ1v) is 15.4. The first-order chi connectivity index (χ1) is 18.4. The van der Waals surface area contributed by atoms with Gasteiger partial charge < -0.3 is 20.4 Å². The Kier molecular flexibility index (Phi) is 8.94. The molecule has 0 unspecified atom stereocenters. The van der Waals surface area contributed by atoms with Gasteiger partial charge in [-0.2, -0.15) is 9.97 Å². The highest BCUT2D eigenvalue weighted by Crippen LogP contribution is 2.40. The molecule has 3 fully saturated rings. The summed E-state index contributed by atoms with van der Waals surface area (Å²) in [5.74, 6) is 3.92. The smallest absolute Gasteiger partial charge is 0.232 e. The number of nitrogens with zero attached hydrogens (tertiary/aromatic N) is 4. The third kappa shape index (κ3) is 6.71. The van der Waals surface area contributed by atoms with E-state index in [4.69, 9.17) is 33.8 Å². The molecule has 2 saturated heterocycles. The minimum absolute atomic E-state index is 0.0383. The van der Waals surface area contributed by atoms with Crippen LogP contribution in [0, 0.1) is 11.8 Å². The van der Waals surface area contributed by atoms with Crippen molar-refractivity contribution in [2.24, 2.45) is 11.8 Å². The normalized spacial score (nSPS) is 23.7. The molecule has 38 heavy (non-hydrogen) atoms.